The molecule has 0 N–H and O–H groups in total. The lowest BCUT2D eigenvalue weighted by Gasteiger charge is -2.35. The first kappa shape index (κ1) is 15.2. The maximum Gasteiger partial charge on any atom is 0.266 e. The highest BCUT2D eigenvalue weighted by molar-refractivity contribution is 6.11. The number of carbonyl (C=O) groups excluding carboxylic acids is 1. The Morgan fingerprint density at radius 1 is 1.09 bits per heavy atom. The van der Waals surface area contributed by atoms with Gasteiger partial charge in [-0.15, -0.1) is 0 Å². The second-order valence-electron chi connectivity index (χ2n) is 5.34. The van der Waals surface area contributed by atoms with Crippen LogP contribution in [0.25, 0.3) is 0 Å². The van der Waals surface area contributed by atoms with Gasteiger partial charge < -0.3 is 14.2 Å². The normalized spacial score (nSPS) is 16.3. The smallest absolute Gasteiger partial charge is 0.266 e. The third-order valence-corrected chi connectivity index (χ3v) is 3.91. The van der Waals surface area contributed by atoms with Crippen LogP contribution in [0.3, 0.4) is 0 Å². The van der Waals surface area contributed by atoms with E-state index in [1.54, 1.807) is 37.3 Å². The largest absolute Gasteiger partial charge is 0.496 e. The number of rotatable bonds is 3. The molecule has 0 radical (unpaired) electrons. The monoisotopic (exact) mass is 313 g/mol. The maximum absolute atomic E-state index is 13.2. The predicted octanol–water partition coefficient (Wildman–Crippen LogP) is 3.13. The highest BCUT2D eigenvalue weighted by atomic mass is 16.5. The van der Waals surface area contributed by atoms with Crippen molar-refractivity contribution in [2.24, 2.45) is 0 Å². The average molecular weight is 313 g/mol. The molecule has 0 saturated carbocycles. The number of benzene rings is 2. The number of nitrogens with zero attached hydrogens (tertiary/aromatic N) is 1. The molecular weight excluding hydrogens is 294 g/mol. The SMILES string of the molecule is COc1cccc(OC)c1C(=O)N1c2ccccc2OCC1C. The van der Waals surface area contributed by atoms with E-state index in [-0.39, 0.29) is 11.9 Å². The van der Waals surface area contributed by atoms with Gasteiger partial charge in [-0.1, -0.05) is 18.2 Å². The molecule has 0 saturated heterocycles. The van der Waals surface area contributed by atoms with Crippen LogP contribution in [-0.4, -0.2) is 32.8 Å². The van der Waals surface area contributed by atoms with Gasteiger partial charge in [0.05, 0.1) is 25.9 Å². The topological polar surface area (TPSA) is 48.0 Å². The van der Waals surface area contributed by atoms with E-state index >= 15 is 0 Å². The van der Waals surface area contributed by atoms with Gasteiger partial charge in [0, 0.05) is 0 Å². The number of ether oxygens (including phenoxy) is 3. The van der Waals surface area contributed by atoms with Gasteiger partial charge in [0.2, 0.25) is 0 Å². The molecule has 1 aliphatic heterocycles. The number of amides is 1. The fraction of sp³-hybridized carbons (Fsp3) is 0.278. The fourth-order valence-corrected chi connectivity index (χ4v) is 2.79. The molecule has 5 nitrogen and oxygen atoms in total. The van der Waals surface area contributed by atoms with Crippen LogP contribution in [0.4, 0.5) is 5.69 Å². The Bertz CT molecular complexity index is 706. The van der Waals surface area contributed by atoms with E-state index in [9.17, 15) is 4.79 Å². The van der Waals surface area contributed by atoms with Crippen LogP contribution in [0, 0.1) is 0 Å². The summed E-state index contributed by atoms with van der Waals surface area (Å²) < 4.78 is 16.4. The number of fused-ring (bicyclic) bond motifs is 1. The number of para-hydroxylation sites is 2. The zero-order valence-corrected chi connectivity index (χ0v) is 13.4. The van der Waals surface area contributed by atoms with Crippen molar-refractivity contribution in [1.82, 2.24) is 0 Å². The van der Waals surface area contributed by atoms with Gasteiger partial charge in [0.1, 0.15) is 29.4 Å². The summed E-state index contributed by atoms with van der Waals surface area (Å²) in [6.07, 6.45) is 0. The Morgan fingerprint density at radius 2 is 1.74 bits per heavy atom. The van der Waals surface area contributed by atoms with E-state index in [2.05, 4.69) is 0 Å². The Balaban J connectivity index is 2.11. The molecule has 1 aliphatic rings. The van der Waals surface area contributed by atoms with Crippen molar-refractivity contribution in [2.75, 3.05) is 25.7 Å². The average Bonchev–Trinajstić information content (AvgIpc) is 2.60. The summed E-state index contributed by atoms with van der Waals surface area (Å²) in [7, 11) is 3.09. The second kappa shape index (κ2) is 6.20. The third-order valence-electron chi connectivity index (χ3n) is 3.91. The lowest BCUT2D eigenvalue weighted by molar-refractivity contribution is 0.0955. The molecule has 1 heterocycles. The Labute approximate surface area is 135 Å². The minimum Gasteiger partial charge on any atom is -0.496 e. The molecule has 2 aromatic rings. The van der Waals surface area contributed by atoms with Crippen LogP contribution in [0.15, 0.2) is 42.5 Å². The number of carbonyl (C=O) groups is 1. The lowest BCUT2D eigenvalue weighted by atomic mass is 10.1. The first-order chi connectivity index (χ1) is 11.2. The molecule has 0 spiro atoms. The zero-order valence-electron chi connectivity index (χ0n) is 13.4. The highest BCUT2D eigenvalue weighted by Gasteiger charge is 2.33. The summed E-state index contributed by atoms with van der Waals surface area (Å²) in [6, 6.07) is 12.7. The van der Waals surface area contributed by atoms with Crippen LogP contribution in [0.1, 0.15) is 17.3 Å². The highest BCUT2D eigenvalue weighted by Crippen LogP contribution is 2.37. The Morgan fingerprint density at radius 3 is 2.39 bits per heavy atom. The number of anilines is 1. The molecule has 1 unspecified atom stereocenters. The van der Waals surface area contributed by atoms with Crippen molar-refractivity contribution < 1.29 is 19.0 Å². The summed E-state index contributed by atoms with van der Waals surface area (Å²) in [4.78, 5) is 15.0. The van der Waals surface area contributed by atoms with Crippen molar-refractivity contribution in [3.05, 3.63) is 48.0 Å². The predicted molar refractivity (Wildman–Crippen MR) is 87.8 cm³/mol. The minimum absolute atomic E-state index is 0.0907. The fourth-order valence-electron chi connectivity index (χ4n) is 2.79. The molecule has 0 aromatic heterocycles. The van der Waals surface area contributed by atoms with Crippen LogP contribution in [-0.2, 0) is 0 Å². The summed E-state index contributed by atoms with van der Waals surface area (Å²) in [5, 5.41) is 0. The molecule has 1 amide bonds. The molecule has 0 aliphatic carbocycles. The van der Waals surface area contributed by atoms with E-state index in [0.29, 0.717) is 29.4 Å². The van der Waals surface area contributed by atoms with Crippen LogP contribution in [0.5, 0.6) is 17.2 Å². The molecule has 5 heteroatoms. The third kappa shape index (κ3) is 2.59. The van der Waals surface area contributed by atoms with Gasteiger partial charge in [-0.2, -0.15) is 0 Å². The van der Waals surface area contributed by atoms with Crippen LogP contribution in [0.2, 0.25) is 0 Å². The van der Waals surface area contributed by atoms with Gasteiger partial charge in [-0.05, 0) is 31.2 Å². The summed E-state index contributed by atoms with van der Waals surface area (Å²) in [6.45, 7) is 2.40. The van der Waals surface area contributed by atoms with Gasteiger partial charge in [0.25, 0.3) is 5.91 Å². The Kier molecular flexibility index (Phi) is 4.10. The lowest BCUT2D eigenvalue weighted by Crippen LogP contribution is -2.45. The molecule has 3 rings (SSSR count). The van der Waals surface area contributed by atoms with E-state index in [1.807, 2.05) is 31.2 Å². The number of hydrogen-bond donors (Lipinski definition) is 0. The van der Waals surface area contributed by atoms with E-state index in [0.717, 1.165) is 5.69 Å². The van der Waals surface area contributed by atoms with Crippen molar-refractivity contribution in [3.8, 4) is 17.2 Å². The van der Waals surface area contributed by atoms with Gasteiger partial charge in [-0.3, -0.25) is 9.69 Å². The second-order valence-corrected chi connectivity index (χ2v) is 5.34. The summed E-state index contributed by atoms with van der Waals surface area (Å²) in [5.41, 5.74) is 1.17. The van der Waals surface area contributed by atoms with Crippen molar-refractivity contribution in [3.63, 3.8) is 0 Å². The van der Waals surface area contributed by atoms with E-state index in [1.165, 1.54) is 0 Å². The Hall–Kier alpha value is -2.69. The van der Waals surface area contributed by atoms with Crippen molar-refractivity contribution in [2.45, 2.75) is 13.0 Å². The molecule has 0 fully saturated rings. The van der Waals surface area contributed by atoms with Crippen LogP contribution < -0.4 is 19.1 Å². The molecule has 2 aromatic carbocycles. The standard InChI is InChI=1S/C18H19NO4/c1-12-11-23-14-8-5-4-7-13(14)19(12)18(20)17-15(21-2)9-6-10-16(17)22-3/h4-10,12H,11H2,1-3H3. The summed E-state index contributed by atoms with van der Waals surface area (Å²) >= 11 is 0. The quantitative estimate of drug-likeness (QED) is 0.873. The molecule has 0 bridgehead atoms. The zero-order chi connectivity index (χ0) is 16.4. The number of methoxy groups -OCH3 is 2. The first-order valence-electron chi connectivity index (χ1n) is 7.43. The van der Waals surface area contributed by atoms with E-state index in [4.69, 9.17) is 14.2 Å². The first-order valence-corrected chi connectivity index (χ1v) is 7.43. The van der Waals surface area contributed by atoms with E-state index < -0.39 is 0 Å². The molecular formula is C18H19NO4. The molecule has 23 heavy (non-hydrogen) atoms. The maximum atomic E-state index is 13.2. The van der Waals surface area contributed by atoms with Crippen molar-refractivity contribution in [1.29, 1.82) is 0 Å². The molecule has 120 valence electrons. The summed E-state index contributed by atoms with van der Waals surface area (Å²) in [5.74, 6) is 1.52. The van der Waals surface area contributed by atoms with Crippen LogP contribution >= 0.6 is 0 Å². The molecule has 1 atom stereocenters. The minimum atomic E-state index is -0.164. The van der Waals surface area contributed by atoms with Gasteiger partial charge in [0.15, 0.2) is 0 Å². The van der Waals surface area contributed by atoms with Gasteiger partial charge >= 0.3 is 0 Å². The van der Waals surface area contributed by atoms with Crippen molar-refractivity contribution >= 4 is 11.6 Å². The van der Waals surface area contributed by atoms with Gasteiger partial charge in [-0.25, -0.2) is 0 Å². The number of hydrogen-bond acceptors (Lipinski definition) is 4.